The van der Waals surface area contributed by atoms with E-state index in [1.807, 2.05) is 62.4 Å². The van der Waals surface area contributed by atoms with Crippen LogP contribution in [0.1, 0.15) is 80.2 Å². The SMILES string of the molecule is Cc1cc(C(C)(CCCO)c2ccc(O)c(C)c2)ccc1O.Cc1cc(C2(c3ccc(O)c(C)c3)OC(=O)c3ccccc32)ccc1O. The summed E-state index contributed by atoms with van der Waals surface area (Å²) in [5.74, 6) is 0.550. The fourth-order valence-electron chi connectivity index (χ4n) is 6.45. The number of benzene rings is 5. The predicted molar refractivity (Wildman–Crippen MR) is 186 cm³/mol. The lowest BCUT2D eigenvalue weighted by atomic mass is 9.72. The number of aryl methyl sites for hydroxylation is 4. The molecule has 7 heteroatoms. The quantitative estimate of drug-likeness (QED) is 0.114. The minimum Gasteiger partial charge on any atom is -0.508 e. The van der Waals surface area contributed by atoms with Crippen LogP contribution in [0.3, 0.4) is 0 Å². The van der Waals surface area contributed by atoms with Crippen molar-refractivity contribution in [2.45, 2.75) is 58.5 Å². The zero-order chi connectivity index (χ0) is 34.8. The zero-order valence-corrected chi connectivity index (χ0v) is 27.9. The molecule has 5 N–H and O–H groups in total. The number of phenols is 4. The van der Waals surface area contributed by atoms with Crippen molar-refractivity contribution in [1.82, 2.24) is 0 Å². The summed E-state index contributed by atoms with van der Waals surface area (Å²) >= 11 is 0. The van der Waals surface area contributed by atoms with E-state index in [9.17, 15) is 30.3 Å². The van der Waals surface area contributed by atoms with Crippen molar-refractivity contribution in [3.63, 3.8) is 0 Å². The molecule has 1 aliphatic rings. The molecule has 48 heavy (non-hydrogen) atoms. The van der Waals surface area contributed by atoms with Gasteiger partial charge in [-0.3, -0.25) is 0 Å². The zero-order valence-electron chi connectivity index (χ0n) is 27.9. The second kappa shape index (κ2) is 13.5. The van der Waals surface area contributed by atoms with Gasteiger partial charge in [0.1, 0.15) is 23.0 Å². The molecule has 1 aliphatic heterocycles. The average molecular weight is 647 g/mol. The van der Waals surface area contributed by atoms with Crippen LogP contribution in [0.25, 0.3) is 0 Å². The summed E-state index contributed by atoms with van der Waals surface area (Å²) in [4.78, 5) is 12.6. The molecule has 0 bridgehead atoms. The number of ether oxygens (including phenoxy) is 1. The summed E-state index contributed by atoms with van der Waals surface area (Å²) in [7, 11) is 0. The van der Waals surface area contributed by atoms with Crippen molar-refractivity contribution >= 4 is 5.97 Å². The molecule has 7 nitrogen and oxygen atoms in total. The Bertz CT molecular complexity index is 1870. The molecule has 0 saturated heterocycles. The highest BCUT2D eigenvalue weighted by atomic mass is 16.6. The molecule has 248 valence electrons. The molecule has 0 atom stereocenters. The number of esters is 1. The number of aliphatic hydroxyl groups excluding tert-OH is 1. The van der Waals surface area contributed by atoms with E-state index in [2.05, 4.69) is 6.92 Å². The van der Waals surface area contributed by atoms with Gasteiger partial charge in [0.05, 0.1) is 5.56 Å². The number of cyclic esters (lactones) is 1. The molecule has 5 aromatic carbocycles. The molecule has 5 aromatic rings. The minimum absolute atomic E-state index is 0.143. The molecule has 0 fully saturated rings. The van der Waals surface area contributed by atoms with Gasteiger partial charge in [0.2, 0.25) is 0 Å². The van der Waals surface area contributed by atoms with Crippen LogP contribution in [0.5, 0.6) is 23.0 Å². The summed E-state index contributed by atoms with van der Waals surface area (Å²) in [5.41, 5.74) is 6.62. The van der Waals surface area contributed by atoms with E-state index in [0.717, 1.165) is 45.4 Å². The van der Waals surface area contributed by atoms with Gasteiger partial charge in [-0.05, 0) is 116 Å². The van der Waals surface area contributed by atoms with E-state index in [0.29, 0.717) is 23.1 Å². The minimum atomic E-state index is -1.12. The van der Waals surface area contributed by atoms with E-state index in [1.165, 1.54) is 0 Å². The van der Waals surface area contributed by atoms with Crippen LogP contribution < -0.4 is 0 Å². The number of hydrogen-bond acceptors (Lipinski definition) is 7. The van der Waals surface area contributed by atoms with Crippen molar-refractivity contribution in [1.29, 1.82) is 0 Å². The number of fused-ring (bicyclic) bond motifs is 1. The lowest BCUT2D eigenvalue weighted by Gasteiger charge is -2.32. The number of carbonyl (C=O) groups excluding carboxylic acids is 1. The summed E-state index contributed by atoms with van der Waals surface area (Å²) < 4.78 is 5.98. The maximum absolute atomic E-state index is 12.6. The molecular formula is C41H42O7. The van der Waals surface area contributed by atoms with Crippen LogP contribution in [0.4, 0.5) is 0 Å². The Labute approximate surface area is 281 Å². The largest absolute Gasteiger partial charge is 0.508 e. The number of carbonyl (C=O) groups is 1. The van der Waals surface area contributed by atoms with Crippen molar-refractivity contribution in [3.05, 3.63) is 153 Å². The lowest BCUT2D eigenvalue weighted by molar-refractivity contribution is 0.0251. The first-order chi connectivity index (χ1) is 22.8. The van der Waals surface area contributed by atoms with Crippen molar-refractivity contribution in [3.8, 4) is 23.0 Å². The van der Waals surface area contributed by atoms with Gasteiger partial charge in [-0.1, -0.05) is 61.5 Å². The third-order valence-electron chi connectivity index (χ3n) is 9.48. The van der Waals surface area contributed by atoms with Gasteiger partial charge in [-0.25, -0.2) is 4.79 Å². The lowest BCUT2D eigenvalue weighted by Crippen LogP contribution is -2.29. The summed E-state index contributed by atoms with van der Waals surface area (Å²) in [5, 5.41) is 48.6. The van der Waals surface area contributed by atoms with Gasteiger partial charge < -0.3 is 30.3 Å². The monoisotopic (exact) mass is 646 g/mol. The topological polar surface area (TPSA) is 127 Å². The molecule has 6 rings (SSSR count). The van der Waals surface area contributed by atoms with Crippen molar-refractivity contribution in [2.24, 2.45) is 0 Å². The van der Waals surface area contributed by atoms with E-state index in [-0.39, 0.29) is 35.0 Å². The summed E-state index contributed by atoms with van der Waals surface area (Å²) in [6.07, 6.45) is 1.48. The second-order valence-corrected chi connectivity index (χ2v) is 12.8. The first-order valence-electron chi connectivity index (χ1n) is 16.0. The molecule has 0 amide bonds. The average Bonchev–Trinajstić information content (AvgIpc) is 3.38. The highest BCUT2D eigenvalue weighted by molar-refractivity contribution is 5.96. The van der Waals surface area contributed by atoms with Gasteiger partial charge >= 0.3 is 5.97 Å². The van der Waals surface area contributed by atoms with E-state index >= 15 is 0 Å². The molecule has 0 aromatic heterocycles. The Kier molecular flexibility index (Phi) is 9.55. The van der Waals surface area contributed by atoms with Crippen LogP contribution >= 0.6 is 0 Å². The van der Waals surface area contributed by atoms with Crippen LogP contribution in [0.15, 0.2) is 97.1 Å². The van der Waals surface area contributed by atoms with Gasteiger partial charge in [0.25, 0.3) is 0 Å². The second-order valence-electron chi connectivity index (χ2n) is 12.8. The number of hydrogen-bond donors (Lipinski definition) is 5. The molecule has 0 spiro atoms. The Morgan fingerprint density at radius 3 is 1.50 bits per heavy atom. The fraction of sp³-hybridized carbons (Fsp3) is 0.244. The Morgan fingerprint density at radius 1 is 0.625 bits per heavy atom. The Hall–Kier alpha value is -5.27. The standard InChI is InChI=1S/C22H18O4.C19H24O3/c1-13-11-15(7-9-19(13)23)22(16-8-10-20(24)14(2)12-16)18-6-4-3-5-17(18)21(25)26-22;1-13-11-15(5-7-17(13)21)19(3,9-4-10-20)16-6-8-18(22)14(2)12-16/h3-12,23-24H,1-2H3;5-8,11-12,20-22H,4,9-10H2,1-3H3. The van der Waals surface area contributed by atoms with E-state index < -0.39 is 11.6 Å². The van der Waals surface area contributed by atoms with Crippen molar-refractivity contribution < 1.29 is 35.1 Å². The van der Waals surface area contributed by atoms with Gasteiger partial charge in [0, 0.05) is 28.7 Å². The molecule has 0 unspecified atom stereocenters. The van der Waals surface area contributed by atoms with Gasteiger partial charge in [-0.15, -0.1) is 0 Å². The number of rotatable bonds is 7. The first-order valence-corrected chi connectivity index (χ1v) is 16.0. The van der Waals surface area contributed by atoms with Crippen LogP contribution in [0.2, 0.25) is 0 Å². The normalized spacial score (nSPS) is 13.3. The smallest absolute Gasteiger partial charge is 0.340 e. The predicted octanol–water partition coefficient (Wildman–Crippen LogP) is 7.97. The number of aromatic hydroxyl groups is 4. The summed E-state index contributed by atoms with van der Waals surface area (Å²) in [6, 6.07) is 29.0. The van der Waals surface area contributed by atoms with E-state index in [1.54, 1.807) is 62.4 Å². The Morgan fingerprint density at radius 2 is 1.06 bits per heavy atom. The number of phenolic OH excluding ortho intramolecular Hbond substituents is 4. The maximum atomic E-state index is 12.6. The summed E-state index contributed by atoms with van der Waals surface area (Å²) in [6.45, 7) is 9.65. The Balaban J connectivity index is 0.000000191. The molecular weight excluding hydrogens is 604 g/mol. The fourth-order valence-corrected chi connectivity index (χ4v) is 6.45. The molecule has 1 heterocycles. The molecule has 0 radical (unpaired) electrons. The molecule has 0 aliphatic carbocycles. The highest BCUT2D eigenvalue weighted by Gasteiger charge is 2.48. The van der Waals surface area contributed by atoms with Crippen molar-refractivity contribution in [2.75, 3.05) is 6.61 Å². The van der Waals surface area contributed by atoms with Crippen LogP contribution in [-0.2, 0) is 15.8 Å². The third kappa shape index (κ3) is 6.21. The van der Waals surface area contributed by atoms with Gasteiger partial charge in [0.15, 0.2) is 5.60 Å². The third-order valence-corrected chi connectivity index (χ3v) is 9.48. The van der Waals surface area contributed by atoms with Crippen LogP contribution in [-0.4, -0.2) is 38.1 Å². The van der Waals surface area contributed by atoms with Crippen LogP contribution in [0, 0.1) is 27.7 Å². The number of aliphatic hydroxyl groups is 1. The first kappa shape index (κ1) is 34.1. The highest BCUT2D eigenvalue weighted by Crippen LogP contribution is 2.48. The van der Waals surface area contributed by atoms with Gasteiger partial charge in [-0.2, -0.15) is 0 Å². The maximum Gasteiger partial charge on any atom is 0.340 e. The van der Waals surface area contributed by atoms with E-state index in [4.69, 9.17) is 4.74 Å². The molecule has 0 saturated carbocycles.